The quantitative estimate of drug-likeness (QED) is 0.653. The van der Waals surface area contributed by atoms with Gasteiger partial charge in [0.15, 0.2) is 0 Å². The van der Waals surface area contributed by atoms with Crippen molar-refractivity contribution in [2.45, 2.75) is 6.61 Å². The maximum absolute atomic E-state index is 13.5. The number of anilines is 2. The third-order valence-electron chi connectivity index (χ3n) is 3.75. The number of amides is 2. The van der Waals surface area contributed by atoms with Gasteiger partial charge in [-0.3, -0.25) is 9.59 Å². The topological polar surface area (TPSA) is 67.4 Å². The summed E-state index contributed by atoms with van der Waals surface area (Å²) in [5.74, 6) is -3.22. The summed E-state index contributed by atoms with van der Waals surface area (Å²) >= 11 is 0. The van der Waals surface area contributed by atoms with Gasteiger partial charge in [0.1, 0.15) is 24.0 Å². The Bertz CT molecular complexity index is 977. The Kier molecular flexibility index (Phi) is 5.96. The van der Waals surface area contributed by atoms with E-state index in [1.165, 1.54) is 0 Å². The van der Waals surface area contributed by atoms with Gasteiger partial charge in [-0.1, -0.05) is 30.3 Å². The first-order chi connectivity index (χ1) is 13.5. The summed E-state index contributed by atoms with van der Waals surface area (Å²) in [6, 6.07) is 18.7. The molecular weight excluding hydrogens is 366 g/mol. The average Bonchev–Trinajstić information content (AvgIpc) is 2.70. The van der Waals surface area contributed by atoms with Crippen molar-refractivity contribution in [2.24, 2.45) is 0 Å². The molecular formula is C21H16F2N2O3. The van der Waals surface area contributed by atoms with Crippen molar-refractivity contribution in [3.63, 3.8) is 0 Å². The predicted molar refractivity (Wildman–Crippen MR) is 101 cm³/mol. The number of carbonyl (C=O) groups excluding carboxylic acids is 2. The molecule has 3 aromatic carbocycles. The molecule has 0 radical (unpaired) electrons. The number of halogens is 2. The molecule has 142 valence electrons. The van der Waals surface area contributed by atoms with Gasteiger partial charge < -0.3 is 15.4 Å². The zero-order chi connectivity index (χ0) is 19.9. The van der Waals surface area contributed by atoms with E-state index >= 15 is 0 Å². The summed E-state index contributed by atoms with van der Waals surface area (Å²) in [6.07, 6.45) is 0. The number of carbonyl (C=O) groups is 2. The van der Waals surface area contributed by atoms with E-state index in [9.17, 15) is 18.4 Å². The number of rotatable bonds is 5. The Morgan fingerprint density at radius 3 is 2.18 bits per heavy atom. The van der Waals surface area contributed by atoms with Gasteiger partial charge in [0.25, 0.3) is 0 Å². The van der Waals surface area contributed by atoms with Gasteiger partial charge in [0.2, 0.25) is 0 Å². The fourth-order valence-corrected chi connectivity index (χ4v) is 2.33. The molecule has 0 heterocycles. The monoisotopic (exact) mass is 382 g/mol. The highest BCUT2D eigenvalue weighted by molar-refractivity contribution is 6.43. The standard InChI is InChI=1S/C21H16F2N2O3/c22-15-6-11-19(18(23)12-15)25-21(27)20(26)24-16-7-9-17(10-8-16)28-13-14-4-2-1-3-5-14/h1-12H,13H2,(H,24,26)(H,25,27). The Labute approximate surface area is 160 Å². The van der Waals surface area contributed by atoms with Gasteiger partial charge in [-0.2, -0.15) is 0 Å². The highest BCUT2D eigenvalue weighted by Gasteiger charge is 2.16. The largest absolute Gasteiger partial charge is 0.489 e. The molecule has 2 N–H and O–H groups in total. The fraction of sp³-hybridized carbons (Fsp3) is 0.0476. The summed E-state index contributed by atoms with van der Waals surface area (Å²) in [5.41, 5.74) is 1.10. The number of hydrogen-bond donors (Lipinski definition) is 2. The SMILES string of the molecule is O=C(Nc1ccc(OCc2ccccc2)cc1)C(=O)Nc1ccc(F)cc1F. The molecule has 5 nitrogen and oxygen atoms in total. The minimum atomic E-state index is -1.07. The molecule has 0 aromatic heterocycles. The minimum absolute atomic E-state index is 0.286. The van der Waals surface area contributed by atoms with E-state index in [-0.39, 0.29) is 5.69 Å². The van der Waals surface area contributed by atoms with Gasteiger partial charge >= 0.3 is 11.8 Å². The van der Waals surface area contributed by atoms with Crippen molar-refractivity contribution in [1.29, 1.82) is 0 Å². The highest BCUT2D eigenvalue weighted by atomic mass is 19.1. The molecule has 3 aromatic rings. The van der Waals surface area contributed by atoms with Crippen LogP contribution in [0.5, 0.6) is 5.75 Å². The van der Waals surface area contributed by atoms with Crippen LogP contribution in [0.1, 0.15) is 5.56 Å². The maximum atomic E-state index is 13.5. The van der Waals surface area contributed by atoms with E-state index < -0.39 is 23.4 Å². The lowest BCUT2D eigenvalue weighted by Gasteiger charge is -2.09. The average molecular weight is 382 g/mol. The number of hydrogen-bond acceptors (Lipinski definition) is 3. The fourth-order valence-electron chi connectivity index (χ4n) is 2.33. The first-order valence-electron chi connectivity index (χ1n) is 8.35. The number of nitrogens with one attached hydrogen (secondary N) is 2. The van der Waals surface area contributed by atoms with Crippen LogP contribution >= 0.6 is 0 Å². The van der Waals surface area contributed by atoms with E-state index in [1.54, 1.807) is 24.3 Å². The normalized spacial score (nSPS) is 10.2. The van der Waals surface area contributed by atoms with Crippen LogP contribution < -0.4 is 15.4 Å². The van der Waals surface area contributed by atoms with E-state index in [4.69, 9.17) is 4.74 Å². The predicted octanol–water partition coefficient (Wildman–Crippen LogP) is 4.12. The van der Waals surface area contributed by atoms with Crippen molar-refractivity contribution in [2.75, 3.05) is 10.6 Å². The first-order valence-corrected chi connectivity index (χ1v) is 8.35. The summed E-state index contributed by atoms with van der Waals surface area (Å²) in [4.78, 5) is 23.8. The molecule has 3 rings (SSSR count). The summed E-state index contributed by atoms with van der Waals surface area (Å²) in [5, 5.41) is 4.48. The van der Waals surface area contributed by atoms with Crippen LogP contribution in [-0.2, 0) is 16.2 Å². The summed E-state index contributed by atoms with van der Waals surface area (Å²) < 4.78 is 32.1. The molecule has 0 spiro atoms. The van der Waals surface area contributed by atoms with Crippen LogP contribution in [0.15, 0.2) is 72.8 Å². The van der Waals surface area contributed by atoms with Crippen molar-refractivity contribution in [3.05, 3.63) is 90.0 Å². The van der Waals surface area contributed by atoms with E-state index in [1.807, 2.05) is 30.3 Å². The van der Waals surface area contributed by atoms with E-state index in [2.05, 4.69) is 10.6 Å². The van der Waals surface area contributed by atoms with Crippen molar-refractivity contribution in [1.82, 2.24) is 0 Å². The van der Waals surface area contributed by atoms with E-state index in [0.717, 1.165) is 17.7 Å². The van der Waals surface area contributed by atoms with Gasteiger partial charge in [-0.25, -0.2) is 8.78 Å². The summed E-state index contributed by atoms with van der Waals surface area (Å²) in [6.45, 7) is 0.401. The molecule has 0 bridgehead atoms. The van der Waals surface area contributed by atoms with Crippen LogP contribution in [0.2, 0.25) is 0 Å². The van der Waals surface area contributed by atoms with Crippen LogP contribution in [-0.4, -0.2) is 11.8 Å². The molecule has 0 aliphatic rings. The molecule has 0 saturated carbocycles. The molecule has 0 unspecified atom stereocenters. The molecule has 0 aliphatic carbocycles. The zero-order valence-corrected chi connectivity index (χ0v) is 14.6. The van der Waals surface area contributed by atoms with Gasteiger partial charge in [0, 0.05) is 11.8 Å². The third kappa shape index (κ3) is 5.14. The van der Waals surface area contributed by atoms with Crippen molar-refractivity contribution in [3.8, 4) is 5.75 Å². The van der Waals surface area contributed by atoms with Crippen LogP contribution in [0.4, 0.5) is 20.2 Å². The van der Waals surface area contributed by atoms with E-state index in [0.29, 0.717) is 24.1 Å². The van der Waals surface area contributed by atoms with Gasteiger partial charge in [-0.05, 0) is 42.0 Å². The smallest absolute Gasteiger partial charge is 0.314 e. The zero-order valence-electron chi connectivity index (χ0n) is 14.6. The molecule has 7 heteroatoms. The van der Waals surface area contributed by atoms with Crippen LogP contribution in [0, 0.1) is 11.6 Å². The Morgan fingerprint density at radius 2 is 1.50 bits per heavy atom. The minimum Gasteiger partial charge on any atom is -0.489 e. The number of benzene rings is 3. The second kappa shape index (κ2) is 8.77. The van der Waals surface area contributed by atoms with Crippen LogP contribution in [0.3, 0.4) is 0 Å². The lowest BCUT2D eigenvalue weighted by Crippen LogP contribution is -2.29. The lowest BCUT2D eigenvalue weighted by atomic mass is 10.2. The number of ether oxygens (including phenoxy) is 1. The van der Waals surface area contributed by atoms with Crippen molar-refractivity contribution >= 4 is 23.2 Å². The Hall–Kier alpha value is -3.74. The molecule has 0 fully saturated rings. The van der Waals surface area contributed by atoms with Crippen LogP contribution in [0.25, 0.3) is 0 Å². The van der Waals surface area contributed by atoms with Gasteiger partial charge in [-0.15, -0.1) is 0 Å². The second-order valence-corrected chi connectivity index (χ2v) is 5.83. The lowest BCUT2D eigenvalue weighted by molar-refractivity contribution is -0.133. The highest BCUT2D eigenvalue weighted by Crippen LogP contribution is 2.18. The first kappa shape index (κ1) is 19.0. The Balaban J connectivity index is 1.54. The maximum Gasteiger partial charge on any atom is 0.314 e. The molecule has 28 heavy (non-hydrogen) atoms. The summed E-state index contributed by atoms with van der Waals surface area (Å²) in [7, 11) is 0. The third-order valence-corrected chi connectivity index (χ3v) is 3.75. The van der Waals surface area contributed by atoms with Crippen molar-refractivity contribution < 1.29 is 23.1 Å². The molecule has 0 saturated heterocycles. The second-order valence-electron chi connectivity index (χ2n) is 5.83. The molecule has 0 atom stereocenters. The molecule has 0 aliphatic heterocycles. The Morgan fingerprint density at radius 1 is 0.821 bits per heavy atom. The molecule has 2 amide bonds. The van der Waals surface area contributed by atoms with Gasteiger partial charge in [0.05, 0.1) is 5.69 Å².